The molecule has 0 heterocycles. The molecule has 0 spiro atoms. The van der Waals surface area contributed by atoms with Gasteiger partial charge in [-0.25, -0.2) is 4.79 Å². The van der Waals surface area contributed by atoms with Gasteiger partial charge in [0.1, 0.15) is 0 Å². The number of anilines is 1. The Hall–Kier alpha value is -1.03. The summed E-state index contributed by atoms with van der Waals surface area (Å²) >= 11 is 3.34. The number of rotatable bonds is 4. The van der Waals surface area contributed by atoms with E-state index in [2.05, 4.69) is 33.5 Å². The van der Waals surface area contributed by atoms with E-state index >= 15 is 0 Å². The zero-order valence-electron chi connectivity index (χ0n) is 9.59. The minimum Gasteiger partial charge on any atom is -0.335 e. The van der Waals surface area contributed by atoms with Gasteiger partial charge in [0.2, 0.25) is 0 Å². The second-order valence-electron chi connectivity index (χ2n) is 3.80. The number of carbonyl (C=O) groups is 1. The van der Waals surface area contributed by atoms with E-state index in [1.165, 1.54) is 0 Å². The number of halogens is 1. The second-order valence-corrected chi connectivity index (χ2v) is 4.71. The molecule has 4 heteroatoms. The Balaban J connectivity index is 2.42. The van der Waals surface area contributed by atoms with E-state index in [-0.39, 0.29) is 12.1 Å². The molecule has 1 aromatic rings. The summed E-state index contributed by atoms with van der Waals surface area (Å²) in [6.07, 6.45) is 2.06. The van der Waals surface area contributed by atoms with Crippen molar-refractivity contribution in [3.8, 4) is 0 Å². The molecule has 2 amide bonds. The summed E-state index contributed by atoms with van der Waals surface area (Å²) in [5.41, 5.74) is 0.796. The summed E-state index contributed by atoms with van der Waals surface area (Å²) in [4.78, 5) is 11.5. The molecule has 88 valence electrons. The molecule has 0 aliphatic carbocycles. The molecule has 16 heavy (non-hydrogen) atoms. The standard InChI is InChI=1S/C12H17BrN2O/c1-3-4-9(2)14-12(16)15-11-7-5-10(13)6-8-11/h5-9H,3-4H2,1-2H3,(H2,14,15,16). The maximum absolute atomic E-state index is 11.5. The van der Waals surface area contributed by atoms with Crippen molar-refractivity contribution in [3.63, 3.8) is 0 Å². The number of benzene rings is 1. The first kappa shape index (κ1) is 13.0. The fraction of sp³-hybridized carbons (Fsp3) is 0.417. The third-order valence-electron chi connectivity index (χ3n) is 2.20. The molecule has 3 nitrogen and oxygen atoms in total. The van der Waals surface area contributed by atoms with Gasteiger partial charge in [-0.05, 0) is 37.6 Å². The molecule has 0 saturated heterocycles. The highest BCUT2D eigenvalue weighted by molar-refractivity contribution is 9.10. The van der Waals surface area contributed by atoms with Crippen molar-refractivity contribution in [1.82, 2.24) is 5.32 Å². The Morgan fingerprint density at radius 1 is 1.38 bits per heavy atom. The maximum Gasteiger partial charge on any atom is 0.319 e. The quantitative estimate of drug-likeness (QED) is 0.869. The van der Waals surface area contributed by atoms with Crippen LogP contribution in [0.5, 0.6) is 0 Å². The molecule has 2 N–H and O–H groups in total. The van der Waals surface area contributed by atoms with Crippen LogP contribution >= 0.6 is 15.9 Å². The first-order valence-electron chi connectivity index (χ1n) is 5.45. The zero-order chi connectivity index (χ0) is 12.0. The van der Waals surface area contributed by atoms with Gasteiger partial charge in [0.05, 0.1) is 0 Å². The zero-order valence-corrected chi connectivity index (χ0v) is 11.2. The van der Waals surface area contributed by atoms with E-state index in [4.69, 9.17) is 0 Å². The highest BCUT2D eigenvalue weighted by Gasteiger charge is 2.05. The average Bonchev–Trinajstić information content (AvgIpc) is 2.21. The number of hydrogen-bond acceptors (Lipinski definition) is 1. The summed E-state index contributed by atoms with van der Waals surface area (Å²) in [7, 11) is 0. The topological polar surface area (TPSA) is 41.1 Å². The van der Waals surface area contributed by atoms with Gasteiger partial charge < -0.3 is 10.6 Å². The van der Waals surface area contributed by atoms with Gasteiger partial charge in [-0.2, -0.15) is 0 Å². The smallest absolute Gasteiger partial charge is 0.319 e. The highest BCUT2D eigenvalue weighted by Crippen LogP contribution is 2.13. The van der Waals surface area contributed by atoms with Crippen LogP contribution in [0.4, 0.5) is 10.5 Å². The molecule has 1 unspecified atom stereocenters. The van der Waals surface area contributed by atoms with Crippen molar-refractivity contribution < 1.29 is 4.79 Å². The van der Waals surface area contributed by atoms with Crippen LogP contribution in [-0.4, -0.2) is 12.1 Å². The lowest BCUT2D eigenvalue weighted by Gasteiger charge is -2.13. The van der Waals surface area contributed by atoms with E-state index in [1.807, 2.05) is 31.2 Å². The molecule has 1 rings (SSSR count). The second kappa shape index (κ2) is 6.53. The van der Waals surface area contributed by atoms with Crippen molar-refractivity contribution in [3.05, 3.63) is 28.7 Å². The Bertz CT molecular complexity index is 337. The molecule has 1 aromatic carbocycles. The van der Waals surface area contributed by atoms with E-state index in [0.717, 1.165) is 23.0 Å². The van der Waals surface area contributed by atoms with Crippen LogP contribution < -0.4 is 10.6 Å². The monoisotopic (exact) mass is 284 g/mol. The van der Waals surface area contributed by atoms with Crippen LogP contribution in [0.1, 0.15) is 26.7 Å². The van der Waals surface area contributed by atoms with Gasteiger partial charge >= 0.3 is 6.03 Å². The van der Waals surface area contributed by atoms with Gasteiger partial charge in [0, 0.05) is 16.2 Å². The van der Waals surface area contributed by atoms with Crippen molar-refractivity contribution in [2.24, 2.45) is 0 Å². The Morgan fingerprint density at radius 2 is 2.00 bits per heavy atom. The molecule has 0 bridgehead atoms. The van der Waals surface area contributed by atoms with Crippen molar-refractivity contribution >= 4 is 27.6 Å². The van der Waals surface area contributed by atoms with Gasteiger partial charge in [-0.15, -0.1) is 0 Å². The molecule has 1 atom stereocenters. The van der Waals surface area contributed by atoms with Crippen LogP contribution in [0.2, 0.25) is 0 Å². The molecule has 0 aromatic heterocycles. The highest BCUT2D eigenvalue weighted by atomic mass is 79.9. The molecule has 0 fully saturated rings. The minimum atomic E-state index is -0.150. The van der Waals surface area contributed by atoms with Crippen LogP contribution in [0.3, 0.4) is 0 Å². The van der Waals surface area contributed by atoms with Gasteiger partial charge in [-0.3, -0.25) is 0 Å². The van der Waals surface area contributed by atoms with E-state index in [1.54, 1.807) is 0 Å². The Morgan fingerprint density at radius 3 is 2.56 bits per heavy atom. The first-order valence-corrected chi connectivity index (χ1v) is 6.24. The lowest BCUT2D eigenvalue weighted by Crippen LogP contribution is -2.35. The largest absolute Gasteiger partial charge is 0.335 e. The van der Waals surface area contributed by atoms with Crippen LogP contribution in [0, 0.1) is 0 Å². The summed E-state index contributed by atoms with van der Waals surface area (Å²) < 4.78 is 0.998. The first-order chi connectivity index (χ1) is 7.61. The summed E-state index contributed by atoms with van der Waals surface area (Å²) in [5.74, 6) is 0. The van der Waals surface area contributed by atoms with E-state index in [0.29, 0.717) is 0 Å². The molecular weight excluding hydrogens is 268 g/mol. The van der Waals surface area contributed by atoms with Crippen molar-refractivity contribution in [1.29, 1.82) is 0 Å². The number of nitrogens with one attached hydrogen (secondary N) is 2. The fourth-order valence-corrected chi connectivity index (χ4v) is 1.69. The normalized spacial score (nSPS) is 11.9. The SMILES string of the molecule is CCCC(C)NC(=O)Nc1ccc(Br)cc1. The van der Waals surface area contributed by atoms with Crippen LogP contribution in [0.15, 0.2) is 28.7 Å². The summed E-state index contributed by atoms with van der Waals surface area (Å²) in [5, 5.41) is 5.67. The van der Waals surface area contributed by atoms with E-state index < -0.39 is 0 Å². The average molecular weight is 285 g/mol. The number of hydrogen-bond donors (Lipinski definition) is 2. The lowest BCUT2D eigenvalue weighted by molar-refractivity contribution is 0.248. The van der Waals surface area contributed by atoms with Crippen LogP contribution in [-0.2, 0) is 0 Å². The summed E-state index contributed by atoms with van der Waals surface area (Å²) in [6, 6.07) is 7.56. The Labute approximate surface area is 105 Å². The molecule has 0 radical (unpaired) electrons. The molecule has 0 aliphatic heterocycles. The number of amides is 2. The predicted octanol–water partition coefficient (Wildman–Crippen LogP) is 3.76. The van der Waals surface area contributed by atoms with Gasteiger partial charge in [-0.1, -0.05) is 29.3 Å². The molecule has 0 aliphatic rings. The third-order valence-corrected chi connectivity index (χ3v) is 2.73. The van der Waals surface area contributed by atoms with Gasteiger partial charge in [0.25, 0.3) is 0 Å². The number of carbonyl (C=O) groups excluding carboxylic acids is 1. The van der Waals surface area contributed by atoms with Crippen molar-refractivity contribution in [2.45, 2.75) is 32.7 Å². The van der Waals surface area contributed by atoms with Gasteiger partial charge in [0.15, 0.2) is 0 Å². The maximum atomic E-state index is 11.5. The minimum absolute atomic E-state index is 0.150. The van der Waals surface area contributed by atoms with Crippen molar-refractivity contribution in [2.75, 3.05) is 5.32 Å². The number of urea groups is 1. The third kappa shape index (κ3) is 4.66. The summed E-state index contributed by atoms with van der Waals surface area (Å²) in [6.45, 7) is 4.11. The van der Waals surface area contributed by atoms with Crippen LogP contribution in [0.25, 0.3) is 0 Å². The Kier molecular flexibility index (Phi) is 5.32. The fourth-order valence-electron chi connectivity index (χ4n) is 1.43. The van der Waals surface area contributed by atoms with E-state index in [9.17, 15) is 4.79 Å². The predicted molar refractivity (Wildman–Crippen MR) is 70.7 cm³/mol. The lowest BCUT2D eigenvalue weighted by atomic mass is 10.2. The molecule has 0 saturated carbocycles. The molecular formula is C12H17BrN2O.